The Morgan fingerprint density at radius 3 is 1.68 bits per heavy atom. The summed E-state index contributed by atoms with van der Waals surface area (Å²) in [6.07, 6.45) is 14.1. The Labute approximate surface area is 240 Å². The summed E-state index contributed by atoms with van der Waals surface area (Å²) in [6, 6.07) is 38.8. The molecule has 2 aliphatic carbocycles. The maximum absolute atomic E-state index is 16.3. The fraction of sp³-hybridized carbons (Fsp3) is 0.316. The van der Waals surface area contributed by atoms with Crippen molar-refractivity contribution < 1.29 is 4.57 Å². The largest absolute Gasteiger partial charge is 0.318 e. The third kappa shape index (κ3) is 5.55. The topological polar surface area (TPSA) is 17.1 Å². The molecule has 2 heteroatoms. The van der Waals surface area contributed by atoms with Gasteiger partial charge in [-0.25, -0.2) is 0 Å². The molecule has 204 valence electrons. The van der Waals surface area contributed by atoms with Gasteiger partial charge in [-0.1, -0.05) is 148 Å². The molecule has 0 N–H and O–H groups in total. The fourth-order valence-electron chi connectivity index (χ4n) is 7.23. The summed E-state index contributed by atoms with van der Waals surface area (Å²) in [5.41, 5.74) is 7.59. The molecule has 0 spiro atoms. The standard InChI is InChI=1S/C38H41OP/c39-40(33-23-12-4-13-24-33,34-25-14-5-15-26-34)38-35(31-19-8-2-9-20-31)27-16-28-36(38)37(32-21-10-3-11-22-32)29-30-17-6-1-7-18-30/h1-3,6-11,16-22,27-29,33-34H,4-5,12-15,23-26H2/b37-29+. The second-order valence-electron chi connectivity index (χ2n) is 11.7. The highest BCUT2D eigenvalue weighted by Crippen LogP contribution is 2.64. The summed E-state index contributed by atoms with van der Waals surface area (Å²) >= 11 is 0. The van der Waals surface area contributed by atoms with E-state index in [1.807, 2.05) is 0 Å². The minimum absolute atomic E-state index is 0.279. The van der Waals surface area contributed by atoms with E-state index in [2.05, 4.69) is 115 Å². The normalized spacial score (nSPS) is 17.6. The van der Waals surface area contributed by atoms with Gasteiger partial charge in [-0.2, -0.15) is 0 Å². The van der Waals surface area contributed by atoms with E-state index < -0.39 is 7.14 Å². The van der Waals surface area contributed by atoms with E-state index >= 15 is 4.57 Å². The molecular formula is C38H41OP. The maximum atomic E-state index is 16.3. The van der Waals surface area contributed by atoms with Crippen LogP contribution in [0.1, 0.15) is 80.9 Å². The highest BCUT2D eigenvalue weighted by Gasteiger charge is 2.45. The first-order valence-electron chi connectivity index (χ1n) is 15.4. The average Bonchev–Trinajstić information content (AvgIpc) is 3.05. The van der Waals surface area contributed by atoms with Crippen LogP contribution in [0.2, 0.25) is 0 Å². The van der Waals surface area contributed by atoms with Crippen molar-refractivity contribution in [1.29, 1.82) is 0 Å². The van der Waals surface area contributed by atoms with Crippen molar-refractivity contribution >= 4 is 24.1 Å². The molecule has 0 bridgehead atoms. The molecule has 4 aromatic rings. The maximum Gasteiger partial charge on any atom is 0.122 e. The lowest BCUT2D eigenvalue weighted by Gasteiger charge is -2.40. The van der Waals surface area contributed by atoms with Gasteiger partial charge in [-0.3, -0.25) is 0 Å². The number of hydrogen-bond donors (Lipinski definition) is 0. The highest BCUT2D eigenvalue weighted by atomic mass is 31.2. The van der Waals surface area contributed by atoms with Crippen LogP contribution in [-0.4, -0.2) is 11.3 Å². The van der Waals surface area contributed by atoms with Crippen molar-refractivity contribution in [3.8, 4) is 11.1 Å². The van der Waals surface area contributed by atoms with Gasteiger partial charge < -0.3 is 4.57 Å². The quantitative estimate of drug-likeness (QED) is 0.167. The summed E-state index contributed by atoms with van der Waals surface area (Å²) < 4.78 is 16.3. The molecule has 2 aliphatic rings. The van der Waals surface area contributed by atoms with E-state index in [1.165, 1.54) is 66.4 Å². The minimum Gasteiger partial charge on any atom is -0.318 e. The first kappa shape index (κ1) is 27.0. The Bertz CT molecular complexity index is 1440. The summed E-state index contributed by atoms with van der Waals surface area (Å²) in [7, 11) is -2.78. The summed E-state index contributed by atoms with van der Waals surface area (Å²) in [5.74, 6) is 0. The molecule has 4 aromatic carbocycles. The molecule has 40 heavy (non-hydrogen) atoms. The van der Waals surface area contributed by atoms with Crippen LogP contribution in [0, 0.1) is 0 Å². The molecule has 0 radical (unpaired) electrons. The Morgan fingerprint density at radius 1 is 0.575 bits per heavy atom. The Balaban J connectivity index is 1.66. The van der Waals surface area contributed by atoms with E-state index in [0.717, 1.165) is 36.6 Å². The van der Waals surface area contributed by atoms with Crippen LogP contribution in [-0.2, 0) is 4.57 Å². The van der Waals surface area contributed by atoms with Gasteiger partial charge in [-0.05, 0) is 65.1 Å². The Morgan fingerprint density at radius 2 is 1.10 bits per heavy atom. The smallest absolute Gasteiger partial charge is 0.122 e. The first-order chi connectivity index (χ1) is 19.7. The van der Waals surface area contributed by atoms with Crippen LogP contribution >= 0.6 is 7.14 Å². The highest BCUT2D eigenvalue weighted by molar-refractivity contribution is 7.73. The van der Waals surface area contributed by atoms with Crippen LogP contribution < -0.4 is 5.30 Å². The minimum atomic E-state index is -2.78. The third-order valence-corrected chi connectivity index (χ3v) is 13.6. The van der Waals surface area contributed by atoms with Crippen LogP contribution in [0.15, 0.2) is 109 Å². The van der Waals surface area contributed by atoms with Crippen molar-refractivity contribution in [3.05, 3.63) is 126 Å². The predicted molar refractivity (Wildman–Crippen MR) is 173 cm³/mol. The molecule has 0 unspecified atom stereocenters. The monoisotopic (exact) mass is 544 g/mol. The SMILES string of the molecule is O=P(c1c(/C(=C/c2ccccc2)c2ccccc2)cccc1-c1ccccc1)(C1CCCCC1)C1CCCCC1. The Kier molecular flexibility index (Phi) is 8.50. The van der Waals surface area contributed by atoms with E-state index in [1.54, 1.807) is 0 Å². The number of benzene rings is 4. The summed E-state index contributed by atoms with van der Waals surface area (Å²) in [6.45, 7) is 0. The lowest BCUT2D eigenvalue weighted by molar-refractivity contribution is 0.453. The van der Waals surface area contributed by atoms with Gasteiger partial charge in [0.1, 0.15) is 7.14 Å². The van der Waals surface area contributed by atoms with Crippen molar-refractivity contribution in [1.82, 2.24) is 0 Å². The molecular weight excluding hydrogens is 503 g/mol. The molecule has 0 amide bonds. The predicted octanol–water partition coefficient (Wildman–Crippen LogP) is 10.6. The molecule has 2 fully saturated rings. The third-order valence-electron chi connectivity index (χ3n) is 9.19. The number of hydrogen-bond acceptors (Lipinski definition) is 1. The Hall–Kier alpha value is -3.15. The van der Waals surface area contributed by atoms with Crippen molar-refractivity contribution in [2.75, 3.05) is 0 Å². The molecule has 6 rings (SSSR count). The summed E-state index contributed by atoms with van der Waals surface area (Å²) in [4.78, 5) is 0. The second-order valence-corrected chi connectivity index (χ2v) is 15.0. The molecule has 0 heterocycles. The van der Waals surface area contributed by atoms with E-state index in [9.17, 15) is 0 Å². The van der Waals surface area contributed by atoms with Gasteiger partial charge in [0, 0.05) is 16.6 Å². The van der Waals surface area contributed by atoms with Crippen LogP contribution in [0.4, 0.5) is 0 Å². The molecule has 0 aromatic heterocycles. The van der Waals surface area contributed by atoms with E-state index in [4.69, 9.17) is 0 Å². The van der Waals surface area contributed by atoms with Gasteiger partial charge in [-0.15, -0.1) is 0 Å². The van der Waals surface area contributed by atoms with Gasteiger partial charge in [0.2, 0.25) is 0 Å². The zero-order valence-corrected chi connectivity index (χ0v) is 24.4. The van der Waals surface area contributed by atoms with Gasteiger partial charge in [0.05, 0.1) is 0 Å². The van der Waals surface area contributed by atoms with E-state index in [-0.39, 0.29) is 11.3 Å². The van der Waals surface area contributed by atoms with Crippen molar-refractivity contribution in [2.24, 2.45) is 0 Å². The lowest BCUT2D eigenvalue weighted by atomic mass is 9.92. The van der Waals surface area contributed by atoms with Gasteiger partial charge >= 0.3 is 0 Å². The van der Waals surface area contributed by atoms with Crippen LogP contribution in [0.3, 0.4) is 0 Å². The molecule has 0 atom stereocenters. The molecule has 2 saturated carbocycles. The summed E-state index contributed by atoms with van der Waals surface area (Å²) in [5, 5.41) is 1.16. The van der Waals surface area contributed by atoms with Gasteiger partial charge in [0.15, 0.2) is 0 Å². The van der Waals surface area contributed by atoms with Crippen LogP contribution in [0.25, 0.3) is 22.8 Å². The zero-order chi connectivity index (χ0) is 27.2. The molecule has 0 saturated heterocycles. The van der Waals surface area contributed by atoms with E-state index in [0.29, 0.717) is 0 Å². The molecule has 1 nitrogen and oxygen atoms in total. The number of rotatable bonds is 7. The van der Waals surface area contributed by atoms with Crippen LogP contribution in [0.5, 0.6) is 0 Å². The second kappa shape index (κ2) is 12.6. The first-order valence-corrected chi connectivity index (χ1v) is 17.2. The lowest BCUT2D eigenvalue weighted by Crippen LogP contribution is -2.32. The van der Waals surface area contributed by atoms with Crippen molar-refractivity contribution in [3.63, 3.8) is 0 Å². The fourth-order valence-corrected chi connectivity index (χ4v) is 12.0. The average molecular weight is 545 g/mol. The van der Waals surface area contributed by atoms with Gasteiger partial charge in [0.25, 0.3) is 0 Å². The molecule has 0 aliphatic heterocycles. The zero-order valence-electron chi connectivity index (χ0n) is 23.6. The van der Waals surface area contributed by atoms with Crippen molar-refractivity contribution in [2.45, 2.75) is 75.5 Å².